The van der Waals surface area contributed by atoms with Crippen LogP contribution < -0.4 is 10.6 Å². The quantitative estimate of drug-likeness (QED) is 0.798. The predicted octanol–water partition coefficient (Wildman–Crippen LogP) is 1.95. The molecule has 1 aromatic rings. The number of nitrogens with one attached hydrogen (secondary N) is 2. The molecule has 15 heavy (non-hydrogen) atoms. The van der Waals surface area contributed by atoms with E-state index < -0.39 is 0 Å². The van der Waals surface area contributed by atoms with Crippen LogP contribution in [-0.2, 0) is 0 Å². The highest BCUT2D eigenvalue weighted by Crippen LogP contribution is 2.16. The van der Waals surface area contributed by atoms with Crippen LogP contribution in [0.15, 0.2) is 4.42 Å². The Kier molecular flexibility index (Phi) is 3.68. The Hall–Kier alpha value is -1.10. The van der Waals surface area contributed by atoms with E-state index in [0.717, 1.165) is 6.54 Å². The number of aromatic nitrogens is 2. The molecule has 0 spiro atoms. The van der Waals surface area contributed by atoms with Crippen LogP contribution in [0.1, 0.15) is 46.6 Å². The molecule has 0 aliphatic heterocycles. The van der Waals surface area contributed by atoms with Crippen LogP contribution in [0.25, 0.3) is 0 Å². The molecule has 2 N–H and O–H groups in total. The van der Waals surface area contributed by atoms with E-state index in [0.29, 0.717) is 11.9 Å². The molecule has 0 aliphatic rings. The maximum Gasteiger partial charge on any atom is 0.315 e. The van der Waals surface area contributed by atoms with Crippen LogP contribution >= 0.6 is 0 Å². The second kappa shape index (κ2) is 4.61. The molecule has 0 aromatic carbocycles. The summed E-state index contributed by atoms with van der Waals surface area (Å²) in [5.41, 5.74) is -0.0643. The minimum absolute atomic E-state index is 0.0643. The van der Waals surface area contributed by atoms with Gasteiger partial charge in [0, 0.05) is 5.54 Å². The fourth-order valence-corrected chi connectivity index (χ4v) is 1.17. The third-order valence-electron chi connectivity index (χ3n) is 1.80. The summed E-state index contributed by atoms with van der Waals surface area (Å²) in [6, 6.07) is 0.570. The molecule has 0 amide bonds. The van der Waals surface area contributed by atoms with E-state index in [1.54, 1.807) is 0 Å². The highest BCUT2D eigenvalue weighted by molar-refractivity contribution is 5.21. The molecule has 1 atom stereocenters. The van der Waals surface area contributed by atoms with E-state index in [2.05, 4.69) is 20.8 Å². The van der Waals surface area contributed by atoms with Gasteiger partial charge < -0.3 is 15.1 Å². The lowest BCUT2D eigenvalue weighted by Crippen LogP contribution is -2.26. The molecule has 0 bridgehead atoms. The number of anilines is 1. The Morgan fingerprint density at radius 2 is 2.00 bits per heavy atom. The second-order valence-corrected chi connectivity index (χ2v) is 4.60. The van der Waals surface area contributed by atoms with Gasteiger partial charge in [-0.1, -0.05) is 12.0 Å². The normalized spacial score (nSPS) is 13.9. The third kappa shape index (κ3) is 3.87. The summed E-state index contributed by atoms with van der Waals surface area (Å²) in [4.78, 5) is 0. The second-order valence-electron chi connectivity index (χ2n) is 4.60. The molecule has 0 fully saturated rings. The van der Waals surface area contributed by atoms with Crippen molar-refractivity contribution in [2.24, 2.45) is 0 Å². The van der Waals surface area contributed by atoms with Gasteiger partial charge in [0.2, 0.25) is 5.89 Å². The average molecular weight is 212 g/mol. The molecule has 5 nitrogen and oxygen atoms in total. The SMILES string of the molecule is CCNC(C)c1nnc(NC(C)(C)C)o1. The van der Waals surface area contributed by atoms with Crippen molar-refractivity contribution in [2.45, 2.75) is 46.2 Å². The van der Waals surface area contributed by atoms with E-state index in [1.165, 1.54) is 0 Å². The Balaban J connectivity index is 2.64. The van der Waals surface area contributed by atoms with Gasteiger partial charge in [-0.2, -0.15) is 0 Å². The maximum absolute atomic E-state index is 5.48. The monoisotopic (exact) mass is 212 g/mol. The highest BCUT2D eigenvalue weighted by atomic mass is 16.4. The minimum Gasteiger partial charge on any atom is -0.406 e. The molecule has 0 saturated carbocycles. The molecule has 5 heteroatoms. The number of nitrogens with zero attached hydrogens (tertiary/aromatic N) is 2. The molecule has 1 aromatic heterocycles. The predicted molar refractivity (Wildman–Crippen MR) is 59.8 cm³/mol. The van der Waals surface area contributed by atoms with Crippen molar-refractivity contribution in [3.05, 3.63) is 5.89 Å². The summed E-state index contributed by atoms with van der Waals surface area (Å²) in [5.74, 6) is 0.614. The van der Waals surface area contributed by atoms with Crippen LogP contribution in [0.3, 0.4) is 0 Å². The zero-order valence-corrected chi connectivity index (χ0v) is 10.1. The molecule has 0 saturated heterocycles. The van der Waals surface area contributed by atoms with E-state index in [-0.39, 0.29) is 11.6 Å². The lowest BCUT2D eigenvalue weighted by Gasteiger charge is -2.18. The van der Waals surface area contributed by atoms with E-state index in [1.807, 2.05) is 34.6 Å². The van der Waals surface area contributed by atoms with Crippen LogP contribution in [0.4, 0.5) is 6.01 Å². The highest BCUT2D eigenvalue weighted by Gasteiger charge is 2.16. The standard InChI is InChI=1S/C10H20N4O/c1-6-11-7(2)8-13-14-9(15-8)12-10(3,4)5/h7,11H,6H2,1-5H3,(H,12,14). The molecule has 1 unspecified atom stereocenters. The molecule has 0 aliphatic carbocycles. The van der Waals surface area contributed by atoms with Crippen molar-refractivity contribution < 1.29 is 4.42 Å². The van der Waals surface area contributed by atoms with Gasteiger partial charge in [0.25, 0.3) is 0 Å². The first kappa shape index (κ1) is 12.0. The summed E-state index contributed by atoms with van der Waals surface area (Å²) in [5, 5.41) is 14.3. The van der Waals surface area contributed by atoms with Gasteiger partial charge in [0.05, 0.1) is 6.04 Å². The van der Waals surface area contributed by atoms with Crippen molar-refractivity contribution in [3.63, 3.8) is 0 Å². The summed E-state index contributed by atoms with van der Waals surface area (Å²) in [7, 11) is 0. The van der Waals surface area contributed by atoms with Crippen molar-refractivity contribution in [1.82, 2.24) is 15.5 Å². The Morgan fingerprint density at radius 3 is 2.53 bits per heavy atom. The average Bonchev–Trinajstić information content (AvgIpc) is 2.50. The zero-order valence-electron chi connectivity index (χ0n) is 10.1. The molecule has 86 valence electrons. The largest absolute Gasteiger partial charge is 0.406 e. The summed E-state index contributed by atoms with van der Waals surface area (Å²) < 4.78 is 5.48. The van der Waals surface area contributed by atoms with Crippen LogP contribution in [-0.4, -0.2) is 22.3 Å². The van der Waals surface area contributed by atoms with Crippen LogP contribution in [0, 0.1) is 0 Å². The van der Waals surface area contributed by atoms with Crippen LogP contribution in [0.2, 0.25) is 0 Å². The fraction of sp³-hybridized carbons (Fsp3) is 0.800. The summed E-state index contributed by atoms with van der Waals surface area (Å²) in [6.45, 7) is 11.1. The Labute approximate surface area is 90.7 Å². The van der Waals surface area contributed by atoms with Gasteiger partial charge in [-0.05, 0) is 34.2 Å². The third-order valence-corrected chi connectivity index (χ3v) is 1.80. The lowest BCUT2D eigenvalue weighted by molar-refractivity contribution is 0.422. The van der Waals surface area contributed by atoms with Crippen molar-refractivity contribution in [3.8, 4) is 0 Å². The summed E-state index contributed by atoms with van der Waals surface area (Å²) >= 11 is 0. The number of hydrogen-bond donors (Lipinski definition) is 2. The maximum atomic E-state index is 5.48. The first-order chi connectivity index (χ1) is 6.92. The molecule has 1 heterocycles. The zero-order chi connectivity index (χ0) is 11.5. The molecular weight excluding hydrogens is 192 g/mol. The lowest BCUT2D eigenvalue weighted by atomic mass is 10.1. The van der Waals surface area contributed by atoms with Crippen molar-refractivity contribution in [2.75, 3.05) is 11.9 Å². The van der Waals surface area contributed by atoms with E-state index in [9.17, 15) is 0 Å². The molecule has 1 rings (SSSR count). The fourth-order valence-electron chi connectivity index (χ4n) is 1.17. The first-order valence-electron chi connectivity index (χ1n) is 5.27. The number of rotatable bonds is 4. The van der Waals surface area contributed by atoms with E-state index in [4.69, 9.17) is 4.42 Å². The van der Waals surface area contributed by atoms with Crippen LogP contribution in [0.5, 0.6) is 0 Å². The van der Waals surface area contributed by atoms with Gasteiger partial charge in [0.15, 0.2) is 0 Å². The molecule has 0 radical (unpaired) electrons. The van der Waals surface area contributed by atoms with Gasteiger partial charge in [-0.25, -0.2) is 0 Å². The smallest absolute Gasteiger partial charge is 0.315 e. The van der Waals surface area contributed by atoms with Gasteiger partial charge in [-0.3, -0.25) is 0 Å². The minimum atomic E-state index is -0.0643. The van der Waals surface area contributed by atoms with Gasteiger partial charge >= 0.3 is 6.01 Å². The van der Waals surface area contributed by atoms with Gasteiger partial charge in [-0.15, -0.1) is 5.10 Å². The first-order valence-corrected chi connectivity index (χ1v) is 5.27. The molecular formula is C10H20N4O. The topological polar surface area (TPSA) is 63.0 Å². The van der Waals surface area contributed by atoms with Crippen molar-refractivity contribution >= 4 is 6.01 Å². The Morgan fingerprint density at radius 1 is 1.33 bits per heavy atom. The summed E-state index contributed by atoms with van der Waals surface area (Å²) in [6.07, 6.45) is 0. The van der Waals surface area contributed by atoms with Crippen molar-refractivity contribution in [1.29, 1.82) is 0 Å². The van der Waals surface area contributed by atoms with E-state index >= 15 is 0 Å². The number of hydrogen-bond acceptors (Lipinski definition) is 5. The van der Waals surface area contributed by atoms with Gasteiger partial charge in [0.1, 0.15) is 0 Å². The Bertz CT molecular complexity index is 303.